The number of β-amino-alcohol motifs (C(OH)–C–C–N with tert-alkyl or cyclic N) is 2. The van der Waals surface area contributed by atoms with Crippen molar-refractivity contribution < 1.29 is 19.7 Å². The van der Waals surface area contributed by atoms with Crippen molar-refractivity contribution >= 4 is 5.78 Å². The average molecular weight is 321 g/mol. The predicted molar refractivity (Wildman–Crippen MR) is 88.6 cm³/mol. The van der Waals surface area contributed by atoms with Gasteiger partial charge in [0.1, 0.15) is 5.75 Å². The number of likely N-dealkylation sites (tertiary alicyclic amines) is 1. The van der Waals surface area contributed by atoms with E-state index in [0.717, 1.165) is 45.2 Å². The lowest BCUT2D eigenvalue weighted by Gasteiger charge is -2.31. The van der Waals surface area contributed by atoms with Gasteiger partial charge in [-0.1, -0.05) is 19.8 Å². The molecule has 1 heterocycles. The van der Waals surface area contributed by atoms with Crippen LogP contribution < -0.4 is 4.74 Å². The van der Waals surface area contributed by atoms with Crippen LogP contribution in [-0.2, 0) is 0 Å². The molecule has 128 valence electrons. The molecule has 0 atom stereocenters. The molecule has 0 saturated carbocycles. The molecule has 23 heavy (non-hydrogen) atoms. The van der Waals surface area contributed by atoms with Gasteiger partial charge in [-0.15, -0.1) is 0 Å². The second-order valence-electron chi connectivity index (χ2n) is 6.21. The molecule has 1 saturated heterocycles. The number of ketones is 1. The Hall–Kier alpha value is -1.43. The van der Waals surface area contributed by atoms with Gasteiger partial charge in [0.05, 0.1) is 13.2 Å². The summed E-state index contributed by atoms with van der Waals surface area (Å²) < 4.78 is 5.54. The third kappa shape index (κ3) is 5.30. The van der Waals surface area contributed by atoms with E-state index in [1.807, 2.05) is 4.90 Å². The molecule has 0 radical (unpaired) electrons. The molecule has 0 aromatic heterocycles. The Balaban J connectivity index is 1.94. The van der Waals surface area contributed by atoms with E-state index in [9.17, 15) is 15.0 Å². The summed E-state index contributed by atoms with van der Waals surface area (Å²) in [5.74, 6) is -2.32. The minimum atomic E-state index is -2.35. The molecule has 2 rings (SSSR count). The summed E-state index contributed by atoms with van der Waals surface area (Å²) >= 11 is 0. The number of carbonyl (C=O) groups is 1. The van der Waals surface area contributed by atoms with Crippen LogP contribution in [0.4, 0.5) is 0 Å². The molecular formula is C18H27NO4. The molecule has 1 aliphatic heterocycles. The molecule has 1 fully saturated rings. The zero-order valence-corrected chi connectivity index (χ0v) is 13.8. The third-order valence-electron chi connectivity index (χ3n) is 4.14. The van der Waals surface area contributed by atoms with Crippen molar-refractivity contribution in [2.75, 3.05) is 26.2 Å². The van der Waals surface area contributed by atoms with Crippen LogP contribution in [0.25, 0.3) is 0 Å². The Bertz CT molecular complexity index is 492. The lowest BCUT2D eigenvalue weighted by atomic mass is 10.0. The lowest BCUT2D eigenvalue weighted by molar-refractivity contribution is -0.137. The minimum Gasteiger partial charge on any atom is -0.494 e. The predicted octanol–water partition coefficient (Wildman–Crippen LogP) is 2.21. The van der Waals surface area contributed by atoms with E-state index < -0.39 is 11.6 Å². The highest BCUT2D eigenvalue weighted by Gasteiger charge is 2.36. The molecule has 1 aliphatic rings. The van der Waals surface area contributed by atoms with E-state index in [1.54, 1.807) is 24.3 Å². The number of piperidine rings is 1. The van der Waals surface area contributed by atoms with Crippen molar-refractivity contribution in [1.29, 1.82) is 0 Å². The molecule has 0 amide bonds. The first kappa shape index (κ1) is 17.9. The van der Waals surface area contributed by atoms with Crippen molar-refractivity contribution in [3.05, 3.63) is 29.8 Å². The number of ether oxygens (including phenoxy) is 1. The van der Waals surface area contributed by atoms with Gasteiger partial charge in [-0.25, -0.2) is 0 Å². The SMILES string of the molecule is CCCCOc1ccc(C(=O)C(O)(O)CN2CCCCC2)cc1. The van der Waals surface area contributed by atoms with Gasteiger partial charge in [-0.3, -0.25) is 9.69 Å². The van der Waals surface area contributed by atoms with Crippen LogP contribution in [0.2, 0.25) is 0 Å². The van der Waals surface area contributed by atoms with Gasteiger partial charge in [0.2, 0.25) is 11.6 Å². The van der Waals surface area contributed by atoms with Gasteiger partial charge in [-0.05, 0) is 56.6 Å². The molecule has 1 aromatic rings. The Morgan fingerprint density at radius 2 is 1.83 bits per heavy atom. The third-order valence-corrected chi connectivity index (χ3v) is 4.14. The molecule has 1 aromatic carbocycles. The second kappa shape index (κ2) is 8.43. The number of nitrogens with zero attached hydrogens (tertiary/aromatic N) is 1. The summed E-state index contributed by atoms with van der Waals surface area (Å²) in [5, 5.41) is 20.3. The first-order valence-electron chi connectivity index (χ1n) is 8.47. The fourth-order valence-electron chi connectivity index (χ4n) is 2.77. The van der Waals surface area contributed by atoms with Crippen LogP contribution in [0, 0.1) is 0 Å². The molecule has 5 nitrogen and oxygen atoms in total. The van der Waals surface area contributed by atoms with Crippen LogP contribution >= 0.6 is 0 Å². The van der Waals surface area contributed by atoms with Gasteiger partial charge < -0.3 is 14.9 Å². The topological polar surface area (TPSA) is 70.0 Å². The van der Waals surface area contributed by atoms with Crippen molar-refractivity contribution in [2.45, 2.75) is 44.8 Å². The largest absolute Gasteiger partial charge is 0.494 e. The number of hydrogen-bond acceptors (Lipinski definition) is 5. The number of benzene rings is 1. The highest BCUT2D eigenvalue weighted by molar-refractivity contribution is 6.01. The fraction of sp³-hybridized carbons (Fsp3) is 0.611. The van der Waals surface area contributed by atoms with Gasteiger partial charge >= 0.3 is 0 Å². The highest BCUT2D eigenvalue weighted by atomic mass is 16.5. The highest BCUT2D eigenvalue weighted by Crippen LogP contribution is 2.19. The molecular weight excluding hydrogens is 294 g/mol. The summed E-state index contributed by atoms with van der Waals surface area (Å²) in [4.78, 5) is 14.3. The number of carbonyl (C=O) groups excluding carboxylic acids is 1. The quantitative estimate of drug-likeness (QED) is 0.436. The molecule has 2 N–H and O–H groups in total. The normalized spacial score (nSPS) is 16.3. The smallest absolute Gasteiger partial charge is 0.241 e. The minimum absolute atomic E-state index is 0.0411. The number of aliphatic hydroxyl groups is 2. The van der Waals surface area contributed by atoms with Gasteiger partial charge in [0.25, 0.3) is 0 Å². The van der Waals surface area contributed by atoms with Crippen molar-refractivity contribution in [3.63, 3.8) is 0 Å². The van der Waals surface area contributed by atoms with Crippen molar-refractivity contribution in [1.82, 2.24) is 4.90 Å². The first-order chi connectivity index (χ1) is 11.0. The number of Topliss-reactive ketones (excluding diaryl/α,β-unsaturated/α-hetero) is 1. The summed E-state index contributed by atoms with van der Waals surface area (Å²) in [6.07, 6.45) is 5.27. The van der Waals surface area contributed by atoms with Crippen molar-refractivity contribution in [3.8, 4) is 5.75 Å². The average Bonchev–Trinajstić information content (AvgIpc) is 2.55. The molecule has 0 unspecified atom stereocenters. The molecule has 5 heteroatoms. The molecule has 0 bridgehead atoms. The number of rotatable bonds is 8. The summed E-state index contributed by atoms with van der Waals surface area (Å²) in [7, 11) is 0. The van der Waals surface area contributed by atoms with E-state index in [-0.39, 0.29) is 12.1 Å². The van der Waals surface area contributed by atoms with E-state index in [4.69, 9.17) is 4.74 Å². The molecule has 0 spiro atoms. The number of hydrogen-bond donors (Lipinski definition) is 2. The van der Waals surface area contributed by atoms with E-state index in [2.05, 4.69) is 6.92 Å². The van der Waals surface area contributed by atoms with E-state index in [0.29, 0.717) is 12.4 Å². The van der Waals surface area contributed by atoms with Crippen molar-refractivity contribution in [2.24, 2.45) is 0 Å². The second-order valence-corrected chi connectivity index (χ2v) is 6.21. The zero-order chi connectivity index (χ0) is 16.7. The summed E-state index contributed by atoms with van der Waals surface area (Å²) in [6, 6.07) is 6.56. The standard InChI is InChI=1S/C18H27NO4/c1-2-3-13-23-16-9-7-15(8-10-16)17(20)18(21,22)14-19-11-5-4-6-12-19/h7-10,21-22H,2-6,11-14H2,1H3. The Labute approximate surface area is 137 Å². The number of unbranched alkanes of at least 4 members (excludes halogenated alkanes) is 1. The van der Waals surface area contributed by atoms with Crippen LogP contribution in [0.5, 0.6) is 5.75 Å². The summed E-state index contributed by atoms with van der Waals surface area (Å²) in [5.41, 5.74) is 0.287. The van der Waals surface area contributed by atoms with Crippen LogP contribution in [-0.4, -0.2) is 52.9 Å². The fourth-order valence-corrected chi connectivity index (χ4v) is 2.77. The van der Waals surface area contributed by atoms with Gasteiger partial charge in [0, 0.05) is 5.56 Å². The Morgan fingerprint density at radius 3 is 2.43 bits per heavy atom. The van der Waals surface area contributed by atoms with Gasteiger partial charge in [-0.2, -0.15) is 0 Å². The van der Waals surface area contributed by atoms with E-state index >= 15 is 0 Å². The van der Waals surface area contributed by atoms with Gasteiger partial charge in [0.15, 0.2) is 0 Å². The Kier molecular flexibility index (Phi) is 6.57. The Morgan fingerprint density at radius 1 is 1.17 bits per heavy atom. The maximum Gasteiger partial charge on any atom is 0.241 e. The van der Waals surface area contributed by atoms with E-state index in [1.165, 1.54) is 0 Å². The summed E-state index contributed by atoms with van der Waals surface area (Å²) in [6.45, 7) is 4.31. The maximum atomic E-state index is 12.3. The monoisotopic (exact) mass is 321 g/mol. The first-order valence-corrected chi connectivity index (χ1v) is 8.47. The zero-order valence-electron chi connectivity index (χ0n) is 13.8. The molecule has 0 aliphatic carbocycles. The lowest BCUT2D eigenvalue weighted by Crippen LogP contribution is -2.50. The van der Waals surface area contributed by atoms with Crippen LogP contribution in [0.3, 0.4) is 0 Å². The van der Waals surface area contributed by atoms with Crippen LogP contribution in [0.1, 0.15) is 49.4 Å². The van der Waals surface area contributed by atoms with Crippen LogP contribution in [0.15, 0.2) is 24.3 Å². The maximum absolute atomic E-state index is 12.3.